The Morgan fingerprint density at radius 3 is 2.75 bits per heavy atom. The van der Waals surface area contributed by atoms with Gasteiger partial charge in [-0.15, -0.1) is 3.89 Å². The van der Waals surface area contributed by atoms with Crippen LogP contribution >= 0.6 is 23.2 Å². The van der Waals surface area contributed by atoms with Crippen molar-refractivity contribution in [2.45, 2.75) is 6.42 Å². The van der Waals surface area contributed by atoms with Crippen LogP contribution in [0.4, 0.5) is 15.3 Å². The summed E-state index contributed by atoms with van der Waals surface area (Å²) in [6, 6.07) is 1.35. The first kappa shape index (κ1) is 15.3. The molecule has 1 saturated heterocycles. The largest absolute Gasteiger partial charge is 0.395 e. The van der Waals surface area contributed by atoms with Gasteiger partial charge in [0.2, 0.25) is 5.91 Å². The van der Waals surface area contributed by atoms with E-state index in [4.69, 9.17) is 28.9 Å². The topological polar surface area (TPSA) is 93.4 Å². The van der Waals surface area contributed by atoms with Crippen molar-refractivity contribution in [1.29, 1.82) is 0 Å². The molecular weight excluding hydrogens is 332 g/mol. The lowest BCUT2D eigenvalue weighted by molar-refractivity contribution is -0.117. The summed E-state index contributed by atoms with van der Waals surface area (Å²) in [5.41, 5.74) is 6.04. The Bertz CT molecular complexity index is 668. The van der Waals surface area contributed by atoms with Gasteiger partial charge in [0.1, 0.15) is 5.15 Å². The number of carbonyl (C=O) groups is 1. The second kappa shape index (κ2) is 5.34. The highest BCUT2D eigenvalue weighted by atomic mass is 35.5. The minimum absolute atomic E-state index is 0.0306. The number of rotatable bonds is 3. The molecule has 0 aliphatic carbocycles. The lowest BCUT2D eigenvalue weighted by Crippen LogP contribution is -2.26. The Kier molecular flexibility index (Phi) is 4.08. The van der Waals surface area contributed by atoms with E-state index in [-0.39, 0.29) is 40.6 Å². The van der Waals surface area contributed by atoms with Gasteiger partial charge in [0.15, 0.2) is 5.15 Å². The molecule has 1 aliphatic rings. The van der Waals surface area contributed by atoms with E-state index in [0.717, 1.165) is 0 Å². The fourth-order valence-electron chi connectivity index (χ4n) is 2.11. The molecule has 2 rings (SSSR count). The molecule has 1 fully saturated rings. The van der Waals surface area contributed by atoms with E-state index in [0.29, 0.717) is 0 Å². The van der Waals surface area contributed by atoms with Gasteiger partial charge in [0.05, 0.1) is 17.1 Å². The standard InChI is InChI=1S/C10H10Cl2FN3O3S/c11-7-2-6(9(14)10(12)15-7)16-3-5(1-8(16)17)4-20(13,18)19/h2,5H,1,3-4,14H2. The molecule has 1 amide bonds. The number of nitrogens with two attached hydrogens (primary N) is 1. The number of hydrogen-bond acceptors (Lipinski definition) is 5. The van der Waals surface area contributed by atoms with Crippen molar-refractivity contribution in [3.8, 4) is 0 Å². The van der Waals surface area contributed by atoms with Gasteiger partial charge < -0.3 is 10.6 Å². The Labute approximate surface area is 124 Å². The Morgan fingerprint density at radius 1 is 1.50 bits per heavy atom. The molecule has 6 nitrogen and oxygen atoms in total. The molecule has 20 heavy (non-hydrogen) atoms. The average Bonchev–Trinajstić information content (AvgIpc) is 2.62. The first-order valence-electron chi connectivity index (χ1n) is 5.51. The third-order valence-corrected chi connectivity index (χ3v) is 4.24. The van der Waals surface area contributed by atoms with Crippen LogP contribution < -0.4 is 10.6 Å². The molecule has 0 radical (unpaired) electrons. The number of carbonyl (C=O) groups excluding carboxylic acids is 1. The second-order valence-electron chi connectivity index (χ2n) is 4.45. The molecule has 10 heteroatoms. The van der Waals surface area contributed by atoms with Crippen molar-refractivity contribution in [3.05, 3.63) is 16.4 Å². The van der Waals surface area contributed by atoms with Crippen molar-refractivity contribution in [1.82, 2.24) is 4.98 Å². The van der Waals surface area contributed by atoms with Gasteiger partial charge >= 0.3 is 10.2 Å². The van der Waals surface area contributed by atoms with Gasteiger partial charge in [-0.05, 0) is 0 Å². The summed E-state index contributed by atoms with van der Waals surface area (Å²) < 4.78 is 33.9. The molecule has 2 heterocycles. The summed E-state index contributed by atoms with van der Waals surface area (Å²) in [4.78, 5) is 16.9. The highest BCUT2D eigenvalue weighted by Gasteiger charge is 2.35. The molecule has 0 aromatic carbocycles. The number of nitrogen functional groups attached to an aromatic ring is 1. The van der Waals surface area contributed by atoms with Crippen LogP contribution in [-0.4, -0.2) is 31.6 Å². The highest BCUT2D eigenvalue weighted by molar-refractivity contribution is 7.86. The highest BCUT2D eigenvalue weighted by Crippen LogP contribution is 2.35. The van der Waals surface area contributed by atoms with E-state index < -0.39 is 21.9 Å². The first-order chi connectivity index (χ1) is 9.17. The lowest BCUT2D eigenvalue weighted by atomic mass is 10.1. The van der Waals surface area contributed by atoms with Crippen molar-refractivity contribution < 1.29 is 17.1 Å². The van der Waals surface area contributed by atoms with E-state index in [1.165, 1.54) is 11.0 Å². The molecule has 1 aliphatic heterocycles. The van der Waals surface area contributed by atoms with Gasteiger partial charge in [-0.3, -0.25) is 4.79 Å². The maximum Gasteiger partial charge on any atom is 0.302 e. The van der Waals surface area contributed by atoms with Gasteiger partial charge in [-0.1, -0.05) is 23.2 Å². The third-order valence-electron chi connectivity index (χ3n) is 2.89. The summed E-state index contributed by atoms with van der Waals surface area (Å²) in [5.74, 6) is -1.71. The summed E-state index contributed by atoms with van der Waals surface area (Å²) in [6.07, 6.45) is -0.0832. The Balaban J connectivity index is 2.29. The second-order valence-corrected chi connectivity index (χ2v) is 6.60. The van der Waals surface area contributed by atoms with Crippen LogP contribution in [-0.2, 0) is 15.0 Å². The zero-order valence-corrected chi connectivity index (χ0v) is 12.3. The van der Waals surface area contributed by atoms with Crippen LogP contribution in [0.2, 0.25) is 10.3 Å². The molecule has 0 spiro atoms. The van der Waals surface area contributed by atoms with Crippen LogP contribution in [0.25, 0.3) is 0 Å². The summed E-state index contributed by atoms with van der Waals surface area (Å²) in [5, 5.41) is -0.00424. The summed E-state index contributed by atoms with van der Waals surface area (Å²) in [6.45, 7) is 0.0306. The number of halogens is 3. The number of hydrogen-bond donors (Lipinski definition) is 1. The van der Waals surface area contributed by atoms with Crippen LogP contribution in [0.5, 0.6) is 0 Å². The minimum atomic E-state index is -4.64. The van der Waals surface area contributed by atoms with Crippen LogP contribution in [0, 0.1) is 5.92 Å². The number of pyridine rings is 1. The molecule has 1 unspecified atom stereocenters. The number of aromatic nitrogens is 1. The van der Waals surface area contributed by atoms with Gasteiger partial charge in [0.25, 0.3) is 0 Å². The first-order valence-corrected chi connectivity index (χ1v) is 7.82. The van der Waals surface area contributed by atoms with Crippen molar-refractivity contribution in [2.24, 2.45) is 5.92 Å². The number of nitrogens with zero attached hydrogens (tertiary/aromatic N) is 2. The third kappa shape index (κ3) is 3.31. The molecule has 0 bridgehead atoms. The monoisotopic (exact) mass is 341 g/mol. The zero-order chi connectivity index (χ0) is 15.1. The lowest BCUT2D eigenvalue weighted by Gasteiger charge is -2.19. The molecule has 0 saturated carbocycles. The Morgan fingerprint density at radius 2 is 2.15 bits per heavy atom. The van der Waals surface area contributed by atoms with Crippen LogP contribution in [0.3, 0.4) is 0 Å². The SMILES string of the molecule is Nc1c(N2CC(CS(=O)(=O)F)CC2=O)cc(Cl)nc1Cl. The Hall–Kier alpha value is -1.12. The molecular formula is C10H10Cl2FN3O3S. The molecule has 1 atom stereocenters. The minimum Gasteiger partial charge on any atom is -0.395 e. The van der Waals surface area contributed by atoms with Gasteiger partial charge in [-0.2, -0.15) is 8.42 Å². The maximum atomic E-state index is 12.7. The van der Waals surface area contributed by atoms with Crippen LogP contribution in [0.15, 0.2) is 6.07 Å². The molecule has 110 valence electrons. The van der Waals surface area contributed by atoms with Crippen molar-refractivity contribution >= 4 is 50.7 Å². The van der Waals surface area contributed by atoms with E-state index >= 15 is 0 Å². The van der Waals surface area contributed by atoms with E-state index in [1.54, 1.807) is 0 Å². The van der Waals surface area contributed by atoms with Gasteiger partial charge in [-0.25, -0.2) is 4.98 Å². The molecule has 1 aromatic heterocycles. The molecule has 1 aromatic rings. The van der Waals surface area contributed by atoms with Crippen LogP contribution in [0.1, 0.15) is 6.42 Å². The predicted octanol–water partition coefficient (Wildman–Crippen LogP) is 1.62. The normalized spacial score (nSPS) is 19.6. The quantitative estimate of drug-likeness (QED) is 0.666. The average molecular weight is 342 g/mol. The van der Waals surface area contributed by atoms with E-state index in [9.17, 15) is 17.1 Å². The zero-order valence-electron chi connectivity index (χ0n) is 10.0. The smallest absolute Gasteiger partial charge is 0.302 e. The number of amides is 1. The predicted molar refractivity (Wildman–Crippen MR) is 74.0 cm³/mol. The van der Waals surface area contributed by atoms with Crippen molar-refractivity contribution in [2.75, 3.05) is 22.9 Å². The summed E-state index contributed by atoms with van der Waals surface area (Å²) >= 11 is 11.5. The summed E-state index contributed by atoms with van der Waals surface area (Å²) in [7, 11) is -4.64. The van der Waals surface area contributed by atoms with Gasteiger partial charge in [0, 0.05) is 24.9 Å². The fourth-order valence-corrected chi connectivity index (χ4v) is 3.32. The van der Waals surface area contributed by atoms with E-state index in [2.05, 4.69) is 4.98 Å². The maximum absolute atomic E-state index is 12.7. The fraction of sp³-hybridized carbons (Fsp3) is 0.400. The van der Waals surface area contributed by atoms with E-state index in [1.807, 2.05) is 0 Å². The van der Waals surface area contributed by atoms with Crippen molar-refractivity contribution in [3.63, 3.8) is 0 Å². The molecule has 2 N–H and O–H groups in total. The number of anilines is 2.